The van der Waals surface area contributed by atoms with Crippen molar-refractivity contribution in [1.82, 2.24) is 9.99 Å². The van der Waals surface area contributed by atoms with Crippen molar-refractivity contribution in [3.05, 3.63) is 87.0 Å². The van der Waals surface area contributed by atoms with Crippen LogP contribution in [0.3, 0.4) is 0 Å². The Bertz CT molecular complexity index is 1120. The largest absolute Gasteiger partial charge is 0.502 e. The zero-order chi connectivity index (χ0) is 21.1. The second-order valence-electron chi connectivity index (χ2n) is 6.30. The SMILES string of the molecule is Cc1cc(C(=O)N/N=C\c2ccc(O)c([N+](=O)[O-])c2)c(C)n1-c1ccc(F)cc1. The number of phenols is 1. The molecule has 0 bridgehead atoms. The van der Waals surface area contributed by atoms with Gasteiger partial charge in [0, 0.05) is 28.7 Å². The van der Waals surface area contributed by atoms with Crippen molar-refractivity contribution < 1.29 is 19.2 Å². The molecule has 8 nitrogen and oxygen atoms in total. The average molecular weight is 396 g/mol. The molecular formula is C20H17FN4O4. The van der Waals surface area contributed by atoms with E-state index in [0.29, 0.717) is 16.8 Å². The topological polar surface area (TPSA) is 110 Å². The quantitative estimate of drug-likeness (QED) is 0.390. The number of hydrogen-bond acceptors (Lipinski definition) is 5. The summed E-state index contributed by atoms with van der Waals surface area (Å²) in [5.74, 6) is -1.27. The smallest absolute Gasteiger partial charge is 0.311 e. The van der Waals surface area contributed by atoms with Crippen molar-refractivity contribution in [2.24, 2.45) is 5.10 Å². The molecule has 0 aliphatic carbocycles. The first-order valence-corrected chi connectivity index (χ1v) is 8.53. The summed E-state index contributed by atoms with van der Waals surface area (Å²) in [5.41, 5.74) is 4.82. The van der Waals surface area contributed by atoms with Crippen LogP contribution in [-0.2, 0) is 0 Å². The van der Waals surface area contributed by atoms with E-state index < -0.39 is 22.3 Å². The minimum absolute atomic E-state index is 0.339. The number of amides is 1. The van der Waals surface area contributed by atoms with E-state index in [1.807, 2.05) is 11.5 Å². The van der Waals surface area contributed by atoms with Crippen molar-refractivity contribution in [2.75, 3.05) is 0 Å². The molecule has 1 aromatic heterocycles. The number of halogens is 1. The van der Waals surface area contributed by atoms with Crippen LogP contribution in [0.25, 0.3) is 5.69 Å². The summed E-state index contributed by atoms with van der Waals surface area (Å²) in [6, 6.07) is 11.4. The third-order valence-corrected chi connectivity index (χ3v) is 4.34. The molecule has 0 unspecified atom stereocenters. The van der Waals surface area contributed by atoms with Gasteiger partial charge in [0.1, 0.15) is 5.82 Å². The summed E-state index contributed by atoms with van der Waals surface area (Å²) in [4.78, 5) is 22.6. The highest BCUT2D eigenvalue weighted by atomic mass is 19.1. The molecule has 0 fully saturated rings. The van der Waals surface area contributed by atoms with Gasteiger partial charge in [-0.15, -0.1) is 0 Å². The number of rotatable bonds is 5. The molecule has 0 radical (unpaired) electrons. The lowest BCUT2D eigenvalue weighted by molar-refractivity contribution is -0.385. The third kappa shape index (κ3) is 4.13. The number of hydrogen-bond donors (Lipinski definition) is 2. The Hall–Kier alpha value is -4.01. The number of carbonyl (C=O) groups excluding carboxylic acids is 1. The van der Waals surface area contributed by atoms with Crippen LogP contribution in [0.2, 0.25) is 0 Å². The van der Waals surface area contributed by atoms with Gasteiger partial charge >= 0.3 is 5.69 Å². The van der Waals surface area contributed by atoms with Crippen molar-refractivity contribution in [1.29, 1.82) is 0 Å². The summed E-state index contributed by atoms with van der Waals surface area (Å²) in [6.45, 7) is 3.59. The lowest BCUT2D eigenvalue weighted by atomic mass is 10.2. The Labute approximate surface area is 165 Å². The summed E-state index contributed by atoms with van der Waals surface area (Å²) in [6.07, 6.45) is 1.24. The average Bonchev–Trinajstić information content (AvgIpc) is 2.98. The van der Waals surface area contributed by atoms with Crippen molar-refractivity contribution in [2.45, 2.75) is 13.8 Å². The molecule has 0 aliphatic heterocycles. The van der Waals surface area contributed by atoms with E-state index in [1.165, 1.54) is 30.5 Å². The first kappa shape index (κ1) is 19.7. The Kier molecular flexibility index (Phi) is 5.40. The number of aromatic hydroxyl groups is 1. The van der Waals surface area contributed by atoms with Gasteiger partial charge in [-0.25, -0.2) is 9.82 Å². The van der Waals surface area contributed by atoms with Crippen molar-refractivity contribution in [3.8, 4) is 11.4 Å². The second-order valence-corrected chi connectivity index (χ2v) is 6.30. The fourth-order valence-corrected chi connectivity index (χ4v) is 2.97. The fourth-order valence-electron chi connectivity index (χ4n) is 2.97. The van der Waals surface area contributed by atoms with Gasteiger partial charge in [0.15, 0.2) is 5.75 Å². The van der Waals surface area contributed by atoms with Crippen LogP contribution >= 0.6 is 0 Å². The molecule has 0 aliphatic rings. The molecule has 2 N–H and O–H groups in total. The van der Waals surface area contributed by atoms with Gasteiger partial charge in [-0.3, -0.25) is 14.9 Å². The summed E-state index contributed by atoms with van der Waals surface area (Å²) in [5, 5.41) is 24.1. The number of aryl methyl sites for hydroxylation is 1. The normalized spacial score (nSPS) is 11.0. The molecular weight excluding hydrogens is 379 g/mol. The number of phenolic OH excluding ortho intramolecular Hbond substituents is 1. The van der Waals surface area contributed by atoms with Gasteiger partial charge in [-0.05, 0) is 56.3 Å². The Morgan fingerprint density at radius 2 is 1.90 bits per heavy atom. The van der Waals surface area contributed by atoms with Crippen LogP contribution in [0.4, 0.5) is 10.1 Å². The molecule has 9 heteroatoms. The van der Waals surface area contributed by atoms with Gasteiger partial charge in [0.2, 0.25) is 0 Å². The minimum Gasteiger partial charge on any atom is -0.502 e. The molecule has 2 aromatic carbocycles. The number of benzene rings is 2. The minimum atomic E-state index is -0.713. The molecule has 0 spiro atoms. The van der Waals surface area contributed by atoms with Gasteiger partial charge in [0.05, 0.1) is 16.7 Å². The maximum absolute atomic E-state index is 13.2. The maximum atomic E-state index is 13.2. The first-order chi connectivity index (χ1) is 13.8. The number of nitrogens with one attached hydrogen (secondary N) is 1. The number of nitrogens with zero attached hydrogens (tertiary/aromatic N) is 3. The van der Waals surface area contributed by atoms with E-state index in [9.17, 15) is 24.4 Å². The zero-order valence-electron chi connectivity index (χ0n) is 15.6. The first-order valence-electron chi connectivity index (χ1n) is 8.53. The molecule has 29 heavy (non-hydrogen) atoms. The van der Waals surface area contributed by atoms with Gasteiger partial charge in [-0.2, -0.15) is 5.10 Å². The van der Waals surface area contributed by atoms with Crippen LogP contribution in [0.15, 0.2) is 53.6 Å². The highest BCUT2D eigenvalue weighted by Gasteiger charge is 2.17. The maximum Gasteiger partial charge on any atom is 0.311 e. The number of aromatic nitrogens is 1. The lowest BCUT2D eigenvalue weighted by Gasteiger charge is -2.09. The van der Waals surface area contributed by atoms with Gasteiger partial charge in [0.25, 0.3) is 5.91 Å². The summed E-state index contributed by atoms with van der Waals surface area (Å²) < 4.78 is 15.0. The standard InChI is InChI=1S/C20H17FN4O4/c1-12-9-17(13(2)24(12)16-6-4-15(21)5-7-16)20(27)23-22-11-14-3-8-19(26)18(10-14)25(28)29/h3-11,26H,1-2H3,(H,23,27)/b22-11-. The Balaban J connectivity index is 1.79. The molecule has 3 rings (SSSR count). The van der Waals surface area contributed by atoms with E-state index in [-0.39, 0.29) is 5.82 Å². The second kappa shape index (κ2) is 7.93. The van der Waals surface area contributed by atoms with Crippen LogP contribution in [0.1, 0.15) is 27.3 Å². The van der Waals surface area contributed by atoms with E-state index in [0.717, 1.165) is 17.4 Å². The molecule has 0 saturated heterocycles. The Morgan fingerprint density at radius 3 is 2.55 bits per heavy atom. The molecule has 1 heterocycles. The van der Waals surface area contributed by atoms with Crippen LogP contribution in [-0.4, -0.2) is 26.7 Å². The van der Waals surface area contributed by atoms with E-state index >= 15 is 0 Å². The van der Waals surface area contributed by atoms with Gasteiger partial charge in [-0.1, -0.05) is 0 Å². The molecule has 1 amide bonds. The Morgan fingerprint density at radius 1 is 1.21 bits per heavy atom. The predicted molar refractivity (Wildman–Crippen MR) is 105 cm³/mol. The third-order valence-electron chi connectivity index (χ3n) is 4.34. The number of hydrazone groups is 1. The number of nitro benzene ring substituents is 1. The molecule has 148 valence electrons. The highest BCUT2D eigenvalue weighted by molar-refractivity contribution is 5.96. The molecule has 0 saturated carbocycles. The lowest BCUT2D eigenvalue weighted by Crippen LogP contribution is -2.18. The van der Waals surface area contributed by atoms with E-state index in [4.69, 9.17) is 0 Å². The van der Waals surface area contributed by atoms with Gasteiger partial charge < -0.3 is 9.67 Å². The number of carbonyl (C=O) groups is 1. The van der Waals surface area contributed by atoms with Crippen molar-refractivity contribution in [3.63, 3.8) is 0 Å². The molecule has 3 aromatic rings. The predicted octanol–water partition coefficient (Wildman–Crippen LogP) is 3.61. The van der Waals surface area contributed by atoms with E-state index in [1.54, 1.807) is 25.1 Å². The molecule has 0 atom stereocenters. The summed E-state index contributed by atoms with van der Waals surface area (Å²) >= 11 is 0. The highest BCUT2D eigenvalue weighted by Crippen LogP contribution is 2.25. The van der Waals surface area contributed by atoms with Crippen LogP contribution < -0.4 is 5.43 Å². The summed E-state index contributed by atoms with van der Waals surface area (Å²) in [7, 11) is 0. The van der Waals surface area contributed by atoms with E-state index in [2.05, 4.69) is 10.5 Å². The van der Waals surface area contributed by atoms with Crippen LogP contribution in [0, 0.1) is 29.8 Å². The van der Waals surface area contributed by atoms with Crippen molar-refractivity contribution >= 4 is 17.8 Å². The van der Waals surface area contributed by atoms with Crippen LogP contribution in [0.5, 0.6) is 5.75 Å². The zero-order valence-corrected chi connectivity index (χ0v) is 15.6. The fraction of sp³-hybridized carbons (Fsp3) is 0.100. The monoisotopic (exact) mass is 396 g/mol. The number of nitro groups is 1.